The van der Waals surface area contributed by atoms with Gasteiger partial charge in [-0.1, -0.05) is 20.8 Å². The number of amides is 1. The van der Waals surface area contributed by atoms with E-state index >= 15 is 0 Å². The number of carbonyl (C=O) groups is 1. The fraction of sp³-hybridized carbons (Fsp3) is 0.409. The minimum absolute atomic E-state index is 0.188. The topological polar surface area (TPSA) is 74.2 Å². The third-order valence-electron chi connectivity index (χ3n) is 5.41. The molecule has 7 heteroatoms. The van der Waals surface area contributed by atoms with Gasteiger partial charge in [0.15, 0.2) is 5.11 Å². The smallest absolute Gasteiger partial charge is 0.257 e. The lowest BCUT2D eigenvalue weighted by Crippen LogP contribution is -2.34. The van der Waals surface area contributed by atoms with Crippen LogP contribution in [-0.4, -0.2) is 18.1 Å². The Morgan fingerprint density at radius 1 is 1.31 bits per heavy atom. The Morgan fingerprint density at radius 3 is 2.59 bits per heavy atom. The maximum Gasteiger partial charge on any atom is 0.257 e. The van der Waals surface area contributed by atoms with Crippen LogP contribution < -0.4 is 15.4 Å². The highest BCUT2D eigenvalue weighted by Crippen LogP contribution is 2.43. The summed E-state index contributed by atoms with van der Waals surface area (Å²) in [7, 11) is 1.57. The van der Waals surface area contributed by atoms with Gasteiger partial charge in [-0.3, -0.25) is 10.1 Å². The van der Waals surface area contributed by atoms with Crippen LogP contribution in [-0.2, 0) is 12.8 Å². The van der Waals surface area contributed by atoms with Crippen molar-refractivity contribution in [2.24, 2.45) is 11.3 Å². The monoisotopic (exact) mass is 427 g/mol. The van der Waals surface area contributed by atoms with Crippen LogP contribution in [0.5, 0.6) is 5.75 Å². The second-order valence-corrected chi connectivity index (χ2v) is 9.78. The predicted molar refractivity (Wildman–Crippen MR) is 121 cm³/mol. The first-order chi connectivity index (χ1) is 13.7. The fourth-order valence-corrected chi connectivity index (χ4v) is 5.13. The molecule has 1 heterocycles. The first kappa shape index (κ1) is 21.3. The summed E-state index contributed by atoms with van der Waals surface area (Å²) in [5.74, 6) is 0.964. The second kappa shape index (κ2) is 8.52. The van der Waals surface area contributed by atoms with Gasteiger partial charge in [0.05, 0.1) is 12.7 Å². The maximum atomic E-state index is 12.4. The number of hydrogen-bond donors (Lipinski definition) is 2. The van der Waals surface area contributed by atoms with Crippen molar-refractivity contribution in [2.75, 3.05) is 12.4 Å². The minimum Gasteiger partial charge on any atom is -0.497 e. The van der Waals surface area contributed by atoms with Crippen molar-refractivity contribution in [1.82, 2.24) is 5.32 Å². The molecule has 1 aliphatic carbocycles. The molecule has 0 radical (unpaired) electrons. The molecule has 0 saturated heterocycles. The Kier molecular flexibility index (Phi) is 6.25. The molecule has 3 rings (SSSR count). The van der Waals surface area contributed by atoms with E-state index in [1.165, 1.54) is 4.88 Å². The molecule has 0 unspecified atom stereocenters. The quantitative estimate of drug-likeness (QED) is 0.681. The summed E-state index contributed by atoms with van der Waals surface area (Å²) in [6.45, 7) is 6.80. The molecule has 0 aliphatic heterocycles. The normalized spacial score (nSPS) is 15.8. The second-order valence-electron chi connectivity index (χ2n) is 8.26. The first-order valence-corrected chi connectivity index (χ1v) is 10.8. The molecule has 0 saturated carbocycles. The van der Waals surface area contributed by atoms with Crippen LogP contribution >= 0.6 is 23.6 Å². The highest BCUT2D eigenvalue weighted by Gasteiger charge is 2.32. The summed E-state index contributed by atoms with van der Waals surface area (Å²) in [6, 6.07) is 9.11. The molecular weight excluding hydrogens is 402 g/mol. The van der Waals surface area contributed by atoms with Gasteiger partial charge < -0.3 is 10.1 Å². The summed E-state index contributed by atoms with van der Waals surface area (Å²) in [5.41, 5.74) is 2.50. The third kappa shape index (κ3) is 4.77. The van der Waals surface area contributed by atoms with Gasteiger partial charge in [-0.15, -0.1) is 11.3 Å². The van der Waals surface area contributed by atoms with Crippen LogP contribution in [0.1, 0.15) is 53.6 Å². The molecule has 1 atom stereocenters. The van der Waals surface area contributed by atoms with Crippen LogP contribution in [0.25, 0.3) is 0 Å². The van der Waals surface area contributed by atoms with Gasteiger partial charge in [-0.05, 0) is 72.6 Å². The molecular formula is C22H25N3O2S2. The predicted octanol–water partition coefficient (Wildman–Crippen LogP) is 4.91. The number of methoxy groups -OCH3 is 1. The van der Waals surface area contributed by atoms with Crippen LogP contribution in [0.3, 0.4) is 0 Å². The van der Waals surface area contributed by atoms with Gasteiger partial charge >= 0.3 is 0 Å². The fourth-order valence-electron chi connectivity index (χ4n) is 3.58. The molecule has 1 aromatic heterocycles. The average molecular weight is 428 g/mol. The minimum atomic E-state index is -0.308. The van der Waals surface area contributed by atoms with Crippen molar-refractivity contribution < 1.29 is 9.53 Å². The highest BCUT2D eigenvalue weighted by molar-refractivity contribution is 7.80. The number of ether oxygens (including phenoxy) is 1. The SMILES string of the molecule is COc1ccc(C(=O)NC(=S)Nc2sc3c(c2C#N)CC[C@H](C(C)(C)C)C3)cc1. The molecule has 0 spiro atoms. The molecule has 2 aromatic rings. The summed E-state index contributed by atoms with van der Waals surface area (Å²) in [6.07, 6.45) is 2.97. The Morgan fingerprint density at radius 2 is 2.00 bits per heavy atom. The highest BCUT2D eigenvalue weighted by atomic mass is 32.1. The van der Waals surface area contributed by atoms with E-state index in [1.807, 2.05) is 0 Å². The van der Waals surface area contributed by atoms with E-state index < -0.39 is 0 Å². The van der Waals surface area contributed by atoms with Crippen LogP contribution in [0, 0.1) is 22.7 Å². The Hall–Kier alpha value is -2.43. The van der Waals surface area contributed by atoms with Crippen LogP contribution in [0.4, 0.5) is 5.00 Å². The molecule has 2 N–H and O–H groups in total. The Bertz CT molecular complexity index is 966. The average Bonchev–Trinajstić information content (AvgIpc) is 3.03. The zero-order chi connectivity index (χ0) is 21.2. The van der Waals surface area contributed by atoms with E-state index in [0.29, 0.717) is 27.8 Å². The van der Waals surface area contributed by atoms with Crippen LogP contribution in [0.2, 0.25) is 0 Å². The zero-order valence-corrected chi connectivity index (χ0v) is 18.7. The summed E-state index contributed by atoms with van der Waals surface area (Å²) in [4.78, 5) is 13.7. The van der Waals surface area contributed by atoms with Gasteiger partial charge in [0.25, 0.3) is 5.91 Å². The Labute approximate surface area is 181 Å². The number of nitrogens with one attached hydrogen (secondary N) is 2. The van der Waals surface area contributed by atoms with Gasteiger partial charge in [0.1, 0.15) is 16.8 Å². The number of thiophene rings is 1. The largest absolute Gasteiger partial charge is 0.497 e. The lowest BCUT2D eigenvalue weighted by Gasteiger charge is -2.33. The van der Waals surface area contributed by atoms with E-state index in [1.54, 1.807) is 42.7 Å². The number of fused-ring (bicyclic) bond motifs is 1. The van der Waals surface area contributed by atoms with E-state index in [2.05, 4.69) is 37.5 Å². The van der Waals surface area contributed by atoms with E-state index in [9.17, 15) is 10.1 Å². The number of anilines is 1. The molecule has 0 fully saturated rings. The van der Waals surface area contributed by atoms with Crippen molar-refractivity contribution in [3.63, 3.8) is 0 Å². The maximum absolute atomic E-state index is 12.4. The molecule has 29 heavy (non-hydrogen) atoms. The molecule has 1 amide bonds. The molecule has 1 aliphatic rings. The number of nitriles is 1. The number of carbonyl (C=O) groups excluding carboxylic acids is 1. The number of rotatable bonds is 3. The van der Waals surface area contributed by atoms with Crippen molar-refractivity contribution in [1.29, 1.82) is 5.26 Å². The number of hydrogen-bond acceptors (Lipinski definition) is 5. The first-order valence-electron chi connectivity index (χ1n) is 9.54. The molecule has 0 bridgehead atoms. The lowest BCUT2D eigenvalue weighted by molar-refractivity contribution is 0.0977. The summed E-state index contributed by atoms with van der Waals surface area (Å²) >= 11 is 6.89. The zero-order valence-electron chi connectivity index (χ0n) is 17.1. The van der Waals surface area contributed by atoms with Gasteiger partial charge in [-0.2, -0.15) is 5.26 Å². The number of nitrogens with zero attached hydrogens (tertiary/aromatic N) is 1. The third-order valence-corrected chi connectivity index (χ3v) is 6.78. The van der Waals surface area contributed by atoms with Crippen molar-refractivity contribution in [3.05, 3.63) is 45.8 Å². The Balaban J connectivity index is 1.71. The van der Waals surface area contributed by atoms with Gasteiger partial charge in [0, 0.05) is 10.4 Å². The van der Waals surface area contributed by atoms with Crippen molar-refractivity contribution in [3.8, 4) is 11.8 Å². The number of benzene rings is 1. The van der Waals surface area contributed by atoms with E-state index in [-0.39, 0.29) is 16.4 Å². The molecule has 1 aromatic carbocycles. The van der Waals surface area contributed by atoms with E-state index in [0.717, 1.165) is 24.8 Å². The van der Waals surface area contributed by atoms with Crippen molar-refractivity contribution >= 4 is 39.6 Å². The molecule has 5 nitrogen and oxygen atoms in total. The number of thiocarbonyl (C=S) groups is 1. The standard InChI is InChI=1S/C22H25N3O2S2/c1-22(2,3)14-7-10-16-17(12-23)20(29-18(16)11-14)25-21(28)24-19(26)13-5-8-15(27-4)9-6-13/h5-6,8-9,14H,7,10-11H2,1-4H3,(H2,24,25,26,28)/t14-/m0/s1. The van der Waals surface area contributed by atoms with Crippen LogP contribution in [0.15, 0.2) is 24.3 Å². The lowest BCUT2D eigenvalue weighted by atomic mass is 9.72. The summed E-state index contributed by atoms with van der Waals surface area (Å²) < 4.78 is 5.10. The van der Waals surface area contributed by atoms with Gasteiger partial charge in [0.2, 0.25) is 0 Å². The molecule has 152 valence electrons. The summed E-state index contributed by atoms with van der Waals surface area (Å²) in [5, 5.41) is 16.3. The van der Waals surface area contributed by atoms with Crippen molar-refractivity contribution in [2.45, 2.75) is 40.0 Å². The van der Waals surface area contributed by atoms with Gasteiger partial charge in [-0.25, -0.2) is 0 Å². The van der Waals surface area contributed by atoms with E-state index in [4.69, 9.17) is 17.0 Å².